The highest BCUT2D eigenvalue weighted by Crippen LogP contribution is 2.52. The summed E-state index contributed by atoms with van der Waals surface area (Å²) in [5.41, 5.74) is 0. The third-order valence-corrected chi connectivity index (χ3v) is 2.72. The molecule has 2 saturated carbocycles. The predicted octanol–water partition coefficient (Wildman–Crippen LogP) is 0.792. The third-order valence-electron chi connectivity index (χ3n) is 2.72. The van der Waals surface area contributed by atoms with Crippen molar-refractivity contribution in [2.75, 3.05) is 6.61 Å². The SMILES string of the molecule is CCO[C@H]1C[C@@H](O)[C@@H]2C[C@@H]21. The van der Waals surface area contributed by atoms with Gasteiger partial charge in [0, 0.05) is 13.0 Å². The molecule has 0 aliphatic heterocycles. The van der Waals surface area contributed by atoms with Gasteiger partial charge in [-0.3, -0.25) is 0 Å². The van der Waals surface area contributed by atoms with Crippen LogP contribution in [0.15, 0.2) is 0 Å². The van der Waals surface area contributed by atoms with Crippen molar-refractivity contribution in [2.24, 2.45) is 11.8 Å². The molecule has 0 radical (unpaired) electrons. The minimum atomic E-state index is -0.0541. The molecule has 0 aromatic rings. The minimum absolute atomic E-state index is 0.0541. The molecule has 2 aliphatic carbocycles. The van der Waals surface area contributed by atoms with Gasteiger partial charge in [0.15, 0.2) is 0 Å². The van der Waals surface area contributed by atoms with Crippen LogP contribution in [0.2, 0.25) is 0 Å². The van der Waals surface area contributed by atoms with Crippen molar-refractivity contribution in [3.63, 3.8) is 0 Å². The summed E-state index contributed by atoms with van der Waals surface area (Å²) in [7, 11) is 0. The molecule has 2 nitrogen and oxygen atoms in total. The molecule has 2 aliphatic rings. The van der Waals surface area contributed by atoms with Crippen LogP contribution in [0.1, 0.15) is 19.8 Å². The number of ether oxygens (including phenoxy) is 1. The van der Waals surface area contributed by atoms with E-state index in [1.54, 1.807) is 0 Å². The molecule has 10 heavy (non-hydrogen) atoms. The Balaban J connectivity index is 1.89. The minimum Gasteiger partial charge on any atom is -0.393 e. The Kier molecular flexibility index (Phi) is 1.46. The predicted molar refractivity (Wildman–Crippen MR) is 37.6 cm³/mol. The van der Waals surface area contributed by atoms with E-state index in [0.717, 1.165) is 13.0 Å². The number of aliphatic hydroxyl groups excluding tert-OH is 1. The van der Waals surface area contributed by atoms with Crippen LogP contribution in [0, 0.1) is 11.8 Å². The van der Waals surface area contributed by atoms with Crippen LogP contribution in [0.5, 0.6) is 0 Å². The van der Waals surface area contributed by atoms with E-state index in [-0.39, 0.29) is 6.10 Å². The van der Waals surface area contributed by atoms with Gasteiger partial charge in [-0.1, -0.05) is 0 Å². The van der Waals surface area contributed by atoms with Crippen molar-refractivity contribution in [3.05, 3.63) is 0 Å². The maximum atomic E-state index is 9.36. The molecule has 0 bridgehead atoms. The second-order valence-electron chi connectivity index (χ2n) is 3.36. The van der Waals surface area contributed by atoms with Crippen molar-refractivity contribution in [1.29, 1.82) is 0 Å². The lowest BCUT2D eigenvalue weighted by Gasteiger charge is -2.12. The zero-order valence-electron chi connectivity index (χ0n) is 6.29. The molecule has 0 saturated heterocycles. The van der Waals surface area contributed by atoms with Crippen LogP contribution in [-0.4, -0.2) is 23.9 Å². The highest BCUT2D eigenvalue weighted by Gasteiger charge is 2.54. The highest BCUT2D eigenvalue weighted by atomic mass is 16.5. The zero-order valence-corrected chi connectivity index (χ0v) is 6.29. The van der Waals surface area contributed by atoms with Gasteiger partial charge in [0.05, 0.1) is 12.2 Å². The molecule has 4 atom stereocenters. The number of hydrogen-bond acceptors (Lipinski definition) is 2. The van der Waals surface area contributed by atoms with E-state index in [9.17, 15) is 5.11 Å². The molecular weight excluding hydrogens is 128 g/mol. The van der Waals surface area contributed by atoms with Crippen LogP contribution in [0.25, 0.3) is 0 Å². The smallest absolute Gasteiger partial charge is 0.0631 e. The Morgan fingerprint density at radius 1 is 1.40 bits per heavy atom. The Morgan fingerprint density at radius 3 is 2.60 bits per heavy atom. The average molecular weight is 142 g/mol. The highest BCUT2D eigenvalue weighted by molar-refractivity contribution is 5.03. The summed E-state index contributed by atoms with van der Waals surface area (Å²) >= 11 is 0. The van der Waals surface area contributed by atoms with Gasteiger partial charge in [-0.2, -0.15) is 0 Å². The van der Waals surface area contributed by atoms with Gasteiger partial charge in [0.1, 0.15) is 0 Å². The lowest BCUT2D eigenvalue weighted by molar-refractivity contribution is 0.0357. The van der Waals surface area contributed by atoms with E-state index in [1.165, 1.54) is 6.42 Å². The van der Waals surface area contributed by atoms with Crippen molar-refractivity contribution in [2.45, 2.75) is 32.0 Å². The van der Waals surface area contributed by atoms with Crippen LogP contribution in [0.4, 0.5) is 0 Å². The van der Waals surface area contributed by atoms with E-state index >= 15 is 0 Å². The summed E-state index contributed by atoms with van der Waals surface area (Å²) in [6.07, 6.45) is 2.40. The van der Waals surface area contributed by atoms with E-state index in [4.69, 9.17) is 4.74 Å². The lowest BCUT2D eigenvalue weighted by atomic mass is 10.2. The number of aliphatic hydroxyl groups is 1. The van der Waals surface area contributed by atoms with E-state index in [0.29, 0.717) is 17.9 Å². The van der Waals surface area contributed by atoms with Crippen molar-refractivity contribution in [1.82, 2.24) is 0 Å². The van der Waals surface area contributed by atoms with E-state index in [2.05, 4.69) is 0 Å². The molecule has 2 rings (SSSR count). The Morgan fingerprint density at radius 2 is 2.20 bits per heavy atom. The number of fused-ring (bicyclic) bond motifs is 1. The van der Waals surface area contributed by atoms with Crippen LogP contribution >= 0.6 is 0 Å². The first kappa shape index (κ1) is 6.62. The van der Waals surface area contributed by atoms with E-state index in [1.807, 2.05) is 6.92 Å². The summed E-state index contributed by atoms with van der Waals surface area (Å²) in [6.45, 7) is 2.81. The Bertz CT molecular complexity index is 135. The fraction of sp³-hybridized carbons (Fsp3) is 1.00. The standard InChI is InChI=1S/C8H14O2/c1-2-10-8-4-7(9)5-3-6(5)8/h5-9H,2-4H2,1H3/t5-,6+,7-,8+/m1/s1. The Labute approximate surface area is 61.2 Å². The van der Waals surface area contributed by atoms with Gasteiger partial charge in [-0.25, -0.2) is 0 Å². The van der Waals surface area contributed by atoms with Crippen LogP contribution in [-0.2, 0) is 4.74 Å². The molecule has 0 heterocycles. The molecule has 58 valence electrons. The molecule has 0 unspecified atom stereocenters. The summed E-state index contributed by atoms with van der Waals surface area (Å²) < 4.78 is 5.47. The lowest BCUT2D eigenvalue weighted by Crippen LogP contribution is -2.15. The molecule has 1 N–H and O–H groups in total. The first-order valence-electron chi connectivity index (χ1n) is 4.12. The van der Waals surface area contributed by atoms with Crippen LogP contribution in [0.3, 0.4) is 0 Å². The first-order chi connectivity index (χ1) is 4.83. The maximum absolute atomic E-state index is 9.36. The summed E-state index contributed by atoms with van der Waals surface area (Å²) in [6, 6.07) is 0. The van der Waals surface area contributed by atoms with Gasteiger partial charge in [0.25, 0.3) is 0 Å². The molecule has 0 amide bonds. The molecule has 0 aromatic carbocycles. The van der Waals surface area contributed by atoms with Crippen molar-refractivity contribution in [3.8, 4) is 0 Å². The topological polar surface area (TPSA) is 29.5 Å². The number of hydrogen-bond donors (Lipinski definition) is 1. The van der Waals surface area contributed by atoms with Gasteiger partial charge in [-0.05, 0) is 25.2 Å². The average Bonchev–Trinajstić information content (AvgIpc) is 2.59. The normalized spacial score (nSPS) is 51.0. The van der Waals surface area contributed by atoms with Crippen molar-refractivity contribution >= 4 is 0 Å². The number of rotatable bonds is 2. The zero-order chi connectivity index (χ0) is 7.14. The largest absolute Gasteiger partial charge is 0.393 e. The van der Waals surface area contributed by atoms with Gasteiger partial charge >= 0.3 is 0 Å². The summed E-state index contributed by atoms with van der Waals surface area (Å²) in [5, 5.41) is 9.36. The second-order valence-corrected chi connectivity index (χ2v) is 3.36. The molecule has 0 spiro atoms. The fourth-order valence-electron chi connectivity index (χ4n) is 2.10. The molecule has 2 heteroatoms. The summed E-state index contributed by atoms with van der Waals surface area (Å²) in [5.74, 6) is 1.30. The molecular formula is C8H14O2. The monoisotopic (exact) mass is 142 g/mol. The summed E-state index contributed by atoms with van der Waals surface area (Å²) in [4.78, 5) is 0. The molecule has 0 aromatic heterocycles. The van der Waals surface area contributed by atoms with Gasteiger partial charge < -0.3 is 9.84 Å². The van der Waals surface area contributed by atoms with Crippen LogP contribution < -0.4 is 0 Å². The third kappa shape index (κ3) is 0.867. The quantitative estimate of drug-likeness (QED) is 0.617. The van der Waals surface area contributed by atoms with Gasteiger partial charge in [0.2, 0.25) is 0 Å². The van der Waals surface area contributed by atoms with E-state index < -0.39 is 0 Å². The maximum Gasteiger partial charge on any atom is 0.0631 e. The van der Waals surface area contributed by atoms with Crippen molar-refractivity contribution < 1.29 is 9.84 Å². The molecule has 2 fully saturated rings. The first-order valence-corrected chi connectivity index (χ1v) is 4.12. The Hall–Kier alpha value is -0.0800. The fourth-order valence-corrected chi connectivity index (χ4v) is 2.10. The second kappa shape index (κ2) is 2.21. The van der Waals surface area contributed by atoms with Gasteiger partial charge in [-0.15, -0.1) is 0 Å².